The SMILES string of the molecule is CCCCNC(=NCc1nnc(C)n1C)NCCc1c(C)cccc1C. The highest BCUT2D eigenvalue weighted by Crippen LogP contribution is 2.13. The number of hydrogen-bond acceptors (Lipinski definition) is 3. The first-order valence-corrected chi connectivity index (χ1v) is 9.45. The van der Waals surface area contributed by atoms with Crippen LogP contribution >= 0.6 is 0 Å². The average Bonchev–Trinajstić information content (AvgIpc) is 2.93. The van der Waals surface area contributed by atoms with E-state index in [1.165, 1.54) is 16.7 Å². The predicted molar refractivity (Wildman–Crippen MR) is 107 cm³/mol. The molecular weight excluding hydrogens is 324 g/mol. The summed E-state index contributed by atoms with van der Waals surface area (Å²) in [7, 11) is 1.97. The van der Waals surface area contributed by atoms with Crippen LogP contribution in [0.5, 0.6) is 0 Å². The Morgan fingerprint density at radius 1 is 1.08 bits per heavy atom. The van der Waals surface area contributed by atoms with Crippen LogP contribution in [0.25, 0.3) is 0 Å². The van der Waals surface area contributed by atoms with Crippen molar-refractivity contribution in [2.24, 2.45) is 12.0 Å². The lowest BCUT2D eigenvalue weighted by Crippen LogP contribution is -2.39. The molecule has 0 atom stereocenters. The largest absolute Gasteiger partial charge is 0.356 e. The Morgan fingerprint density at radius 3 is 2.38 bits per heavy atom. The van der Waals surface area contributed by atoms with E-state index in [1.54, 1.807) is 0 Å². The molecule has 0 spiro atoms. The molecule has 26 heavy (non-hydrogen) atoms. The summed E-state index contributed by atoms with van der Waals surface area (Å²) in [6, 6.07) is 6.46. The molecule has 0 aliphatic carbocycles. The van der Waals surface area contributed by atoms with Gasteiger partial charge in [0.1, 0.15) is 12.4 Å². The third kappa shape index (κ3) is 5.58. The van der Waals surface area contributed by atoms with Crippen molar-refractivity contribution in [3.05, 3.63) is 46.5 Å². The maximum Gasteiger partial charge on any atom is 0.191 e. The van der Waals surface area contributed by atoms with Gasteiger partial charge in [-0.05, 0) is 50.3 Å². The average molecular weight is 357 g/mol. The number of hydrogen-bond donors (Lipinski definition) is 2. The first-order valence-electron chi connectivity index (χ1n) is 9.45. The zero-order valence-corrected chi connectivity index (χ0v) is 16.8. The van der Waals surface area contributed by atoms with Gasteiger partial charge in [0.2, 0.25) is 0 Å². The van der Waals surface area contributed by atoms with E-state index in [4.69, 9.17) is 0 Å². The first kappa shape index (κ1) is 19.9. The molecule has 1 aromatic carbocycles. The number of nitrogens with one attached hydrogen (secondary N) is 2. The first-order chi connectivity index (χ1) is 12.5. The van der Waals surface area contributed by atoms with Crippen molar-refractivity contribution in [2.45, 2.75) is 53.5 Å². The Morgan fingerprint density at radius 2 is 1.77 bits per heavy atom. The minimum atomic E-state index is 0.516. The number of unbranched alkanes of at least 4 members (excludes halogenated alkanes) is 1. The molecule has 0 aliphatic heterocycles. The number of guanidine groups is 1. The van der Waals surface area contributed by atoms with Gasteiger partial charge in [-0.1, -0.05) is 31.5 Å². The zero-order valence-electron chi connectivity index (χ0n) is 16.8. The molecule has 0 saturated heterocycles. The third-order valence-electron chi connectivity index (χ3n) is 4.70. The Labute approximate surface area is 157 Å². The van der Waals surface area contributed by atoms with E-state index in [0.717, 1.165) is 50.0 Å². The van der Waals surface area contributed by atoms with Crippen molar-refractivity contribution in [1.29, 1.82) is 0 Å². The number of aliphatic imine (C=N–C) groups is 1. The standard InChI is InChI=1S/C20H32N6/c1-6-7-12-21-20(23-14-19-25-24-17(4)26(19)5)22-13-11-18-15(2)9-8-10-16(18)3/h8-10H,6-7,11-14H2,1-5H3,(H2,21,22,23). The Kier molecular flexibility index (Phi) is 7.63. The highest BCUT2D eigenvalue weighted by atomic mass is 15.3. The van der Waals surface area contributed by atoms with E-state index in [1.807, 2.05) is 18.5 Å². The summed E-state index contributed by atoms with van der Waals surface area (Å²) < 4.78 is 1.98. The van der Waals surface area contributed by atoms with Crippen molar-refractivity contribution in [3.8, 4) is 0 Å². The number of rotatable bonds is 8. The Balaban J connectivity index is 1.97. The minimum Gasteiger partial charge on any atom is -0.356 e. The highest BCUT2D eigenvalue weighted by molar-refractivity contribution is 5.79. The van der Waals surface area contributed by atoms with Crippen LogP contribution in [0.15, 0.2) is 23.2 Å². The lowest BCUT2D eigenvalue weighted by Gasteiger charge is -2.14. The molecule has 2 rings (SSSR count). The summed E-state index contributed by atoms with van der Waals surface area (Å²) in [5.41, 5.74) is 4.11. The summed E-state index contributed by atoms with van der Waals surface area (Å²) in [6.07, 6.45) is 3.27. The Bertz CT molecular complexity index is 712. The van der Waals surface area contributed by atoms with E-state index >= 15 is 0 Å². The number of nitrogens with zero attached hydrogens (tertiary/aromatic N) is 4. The summed E-state index contributed by atoms with van der Waals surface area (Å²) >= 11 is 0. The van der Waals surface area contributed by atoms with Gasteiger partial charge in [0.05, 0.1) is 0 Å². The molecule has 0 bridgehead atoms. The number of aryl methyl sites for hydroxylation is 3. The van der Waals surface area contributed by atoms with Crippen LogP contribution < -0.4 is 10.6 Å². The van der Waals surface area contributed by atoms with Crippen LogP contribution in [0.2, 0.25) is 0 Å². The Hall–Kier alpha value is -2.37. The molecule has 1 heterocycles. The second kappa shape index (κ2) is 9.94. The number of benzene rings is 1. The fraction of sp³-hybridized carbons (Fsp3) is 0.550. The quantitative estimate of drug-likeness (QED) is 0.434. The van der Waals surface area contributed by atoms with Gasteiger partial charge in [0.15, 0.2) is 11.8 Å². The van der Waals surface area contributed by atoms with Gasteiger partial charge in [-0.3, -0.25) is 0 Å². The van der Waals surface area contributed by atoms with Crippen molar-refractivity contribution < 1.29 is 0 Å². The molecule has 1 aromatic heterocycles. The molecule has 142 valence electrons. The molecule has 0 aliphatic rings. The molecule has 0 fully saturated rings. The molecule has 2 N–H and O–H groups in total. The van der Waals surface area contributed by atoms with Crippen LogP contribution in [0.4, 0.5) is 0 Å². The summed E-state index contributed by atoms with van der Waals surface area (Å²) in [4.78, 5) is 4.69. The normalized spacial score (nSPS) is 11.7. The van der Waals surface area contributed by atoms with Crippen LogP contribution in [-0.2, 0) is 20.0 Å². The van der Waals surface area contributed by atoms with Crippen molar-refractivity contribution in [2.75, 3.05) is 13.1 Å². The molecule has 0 radical (unpaired) electrons. The van der Waals surface area contributed by atoms with E-state index in [0.29, 0.717) is 6.54 Å². The number of aromatic nitrogens is 3. The van der Waals surface area contributed by atoms with E-state index in [2.05, 4.69) is 64.8 Å². The van der Waals surface area contributed by atoms with Gasteiger partial charge in [0.25, 0.3) is 0 Å². The van der Waals surface area contributed by atoms with Gasteiger partial charge in [-0.15, -0.1) is 10.2 Å². The molecule has 0 saturated carbocycles. The van der Waals surface area contributed by atoms with Crippen molar-refractivity contribution in [1.82, 2.24) is 25.4 Å². The van der Waals surface area contributed by atoms with Gasteiger partial charge in [-0.25, -0.2) is 4.99 Å². The summed E-state index contributed by atoms with van der Waals surface area (Å²) in [6.45, 7) is 10.8. The fourth-order valence-electron chi connectivity index (χ4n) is 2.85. The van der Waals surface area contributed by atoms with Gasteiger partial charge in [-0.2, -0.15) is 0 Å². The van der Waals surface area contributed by atoms with E-state index in [9.17, 15) is 0 Å². The minimum absolute atomic E-state index is 0.516. The molecule has 6 nitrogen and oxygen atoms in total. The lowest BCUT2D eigenvalue weighted by atomic mass is 10.0. The van der Waals surface area contributed by atoms with Gasteiger partial charge >= 0.3 is 0 Å². The van der Waals surface area contributed by atoms with Crippen molar-refractivity contribution in [3.63, 3.8) is 0 Å². The predicted octanol–water partition coefficient (Wildman–Crippen LogP) is 2.82. The monoisotopic (exact) mass is 356 g/mol. The van der Waals surface area contributed by atoms with Crippen LogP contribution in [0, 0.1) is 20.8 Å². The van der Waals surface area contributed by atoms with E-state index < -0.39 is 0 Å². The topological polar surface area (TPSA) is 67.1 Å². The molecule has 2 aromatic rings. The van der Waals surface area contributed by atoms with Crippen LogP contribution in [-0.4, -0.2) is 33.8 Å². The third-order valence-corrected chi connectivity index (χ3v) is 4.70. The van der Waals surface area contributed by atoms with Gasteiger partial charge in [0, 0.05) is 20.1 Å². The summed E-state index contributed by atoms with van der Waals surface area (Å²) in [5, 5.41) is 15.2. The maximum atomic E-state index is 4.69. The smallest absolute Gasteiger partial charge is 0.191 e. The molecular formula is C20H32N6. The molecule has 0 amide bonds. The maximum absolute atomic E-state index is 4.69. The molecule has 6 heteroatoms. The zero-order chi connectivity index (χ0) is 18.9. The van der Waals surface area contributed by atoms with Gasteiger partial charge < -0.3 is 15.2 Å². The lowest BCUT2D eigenvalue weighted by molar-refractivity contribution is 0.713. The van der Waals surface area contributed by atoms with E-state index in [-0.39, 0.29) is 0 Å². The summed E-state index contributed by atoms with van der Waals surface area (Å²) in [5.74, 6) is 2.61. The second-order valence-electron chi connectivity index (χ2n) is 6.71. The molecule has 0 unspecified atom stereocenters. The van der Waals surface area contributed by atoms with Crippen LogP contribution in [0.1, 0.15) is 48.1 Å². The second-order valence-corrected chi connectivity index (χ2v) is 6.71. The fourth-order valence-corrected chi connectivity index (χ4v) is 2.85. The highest BCUT2D eigenvalue weighted by Gasteiger charge is 2.06. The van der Waals surface area contributed by atoms with Crippen molar-refractivity contribution >= 4 is 5.96 Å². The van der Waals surface area contributed by atoms with Crippen LogP contribution in [0.3, 0.4) is 0 Å².